The van der Waals surface area contributed by atoms with Gasteiger partial charge in [0.05, 0.1) is 6.04 Å². The maximum absolute atomic E-state index is 13.2. The Morgan fingerprint density at radius 3 is 2.25 bits per heavy atom. The summed E-state index contributed by atoms with van der Waals surface area (Å²) in [7, 11) is 0. The predicted molar refractivity (Wildman–Crippen MR) is 132 cm³/mol. The maximum Gasteiger partial charge on any atom is 0.326 e. The van der Waals surface area contributed by atoms with Gasteiger partial charge in [-0.15, -0.1) is 0 Å². The molecule has 36 heavy (non-hydrogen) atoms. The Kier molecular flexibility index (Phi) is 9.02. The van der Waals surface area contributed by atoms with Crippen LogP contribution in [0.25, 0.3) is 0 Å². The normalized spacial score (nSPS) is 17.6. The Labute approximate surface area is 209 Å². The first-order chi connectivity index (χ1) is 17.2. The van der Waals surface area contributed by atoms with Crippen LogP contribution in [0.5, 0.6) is 5.75 Å². The van der Waals surface area contributed by atoms with E-state index in [1.807, 2.05) is 30.3 Å². The molecule has 0 aromatic heterocycles. The van der Waals surface area contributed by atoms with E-state index in [0.29, 0.717) is 19.4 Å². The molecule has 2 aromatic rings. The zero-order chi connectivity index (χ0) is 26.2. The molecular formula is C26H32N4O6. The summed E-state index contributed by atoms with van der Waals surface area (Å²) in [4.78, 5) is 51.6. The van der Waals surface area contributed by atoms with Gasteiger partial charge in [-0.2, -0.15) is 0 Å². The number of amides is 3. The first kappa shape index (κ1) is 26.7. The zero-order valence-corrected chi connectivity index (χ0v) is 20.1. The lowest BCUT2D eigenvalue weighted by molar-refractivity contribution is -0.149. The van der Waals surface area contributed by atoms with Crippen LogP contribution < -0.4 is 16.4 Å². The lowest BCUT2D eigenvalue weighted by atomic mass is 10.0. The highest BCUT2D eigenvalue weighted by Gasteiger charge is 2.37. The molecule has 0 spiro atoms. The van der Waals surface area contributed by atoms with Crippen molar-refractivity contribution in [2.75, 3.05) is 6.54 Å². The lowest BCUT2D eigenvalue weighted by Gasteiger charge is -2.27. The Morgan fingerprint density at radius 2 is 1.61 bits per heavy atom. The summed E-state index contributed by atoms with van der Waals surface area (Å²) in [5.41, 5.74) is 7.63. The minimum Gasteiger partial charge on any atom is -0.508 e. The minimum absolute atomic E-state index is 0.101. The Balaban J connectivity index is 1.68. The van der Waals surface area contributed by atoms with Gasteiger partial charge in [-0.05, 0) is 49.4 Å². The van der Waals surface area contributed by atoms with Crippen LogP contribution >= 0.6 is 0 Å². The van der Waals surface area contributed by atoms with Gasteiger partial charge in [-0.1, -0.05) is 42.5 Å². The molecule has 3 amide bonds. The van der Waals surface area contributed by atoms with Crippen molar-refractivity contribution in [3.63, 3.8) is 0 Å². The van der Waals surface area contributed by atoms with Crippen LogP contribution in [0.2, 0.25) is 0 Å². The number of likely N-dealkylation sites (tertiary alicyclic amines) is 1. The van der Waals surface area contributed by atoms with Gasteiger partial charge in [0.25, 0.3) is 0 Å². The van der Waals surface area contributed by atoms with E-state index in [1.54, 1.807) is 12.1 Å². The molecule has 10 heteroatoms. The molecule has 4 atom stereocenters. The minimum atomic E-state index is -1.07. The fourth-order valence-corrected chi connectivity index (χ4v) is 4.23. The number of nitrogens with two attached hydrogens (primary N) is 1. The maximum atomic E-state index is 13.2. The molecule has 4 unspecified atom stereocenters. The summed E-state index contributed by atoms with van der Waals surface area (Å²) in [6.45, 7) is 1.81. The first-order valence-corrected chi connectivity index (χ1v) is 11.9. The predicted octanol–water partition coefficient (Wildman–Crippen LogP) is 0.570. The Hall–Kier alpha value is -3.92. The van der Waals surface area contributed by atoms with Crippen LogP contribution in [-0.2, 0) is 32.0 Å². The molecule has 1 aliphatic rings. The van der Waals surface area contributed by atoms with Crippen molar-refractivity contribution >= 4 is 23.7 Å². The fourth-order valence-electron chi connectivity index (χ4n) is 4.23. The van der Waals surface area contributed by atoms with Gasteiger partial charge in [0.1, 0.15) is 23.9 Å². The summed E-state index contributed by atoms with van der Waals surface area (Å²) >= 11 is 0. The van der Waals surface area contributed by atoms with Gasteiger partial charge in [0.2, 0.25) is 17.7 Å². The van der Waals surface area contributed by atoms with Gasteiger partial charge in [-0.25, -0.2) is 4.79 Å². The number of carboxylic acids is 1. The van der Waals surface area contributed by atoms with Crippen molar-refractivity contribution in [2.45, 2.75) is 56.8 Å². The smallest absolute Gasteiger partial charge is 0.326 e. The van der Waals surface area contributed by atoms with Crippen LogP contribution in [-0.4, -0.2) is 69.5 Å². The molecule has 0 radical (unpaired) electrons. The molecule has 1 saturated heterocycles. The molecule has 1 heterocycles. The summed E-state index contributed by atoms with van der Waals surface area (Å²) < 4.78 is 0. The number of carbonyl (C=O) groups is 4. The summed E-state index contributed by atoms with van der Waals surface area (Å²) in [6, 6.07) is 11.6. The number of hydrogen-bond acceptors (Lipinski definition) is 6. The van der Waals surface area contributed by atoms with Gasteiger partial charge in [0.15, 0.2) is 0 Å². The van der Waals surface area contributed by atoms with Gasteiger partial charge < -0.3 is 31.5 Å². The van der Waals surface area contributed by atoms with E-state index in [-0.39, 0.29) is 18.6 Å². The van der Waals surface area contributed by atoms with Crippen LogP contribution in [0.1, 0.15) is 30.9 Å². The van der Waals surface area contributed by atoms with Crippen molar-refractivity contribution in [1.82, 2.24) is 15.5 Å². The second-order valence-electron chi connectivity index (χ2n) is 8.99. The number of aliphatic carboxylic acids is 1. The number of carboxylic acid groups (broad SMARTS) is 1. The van der Waals surface area contributed by atoms with Crippen LogP contribution in [0, 0.1) is 0 Å². The van der Waals surface area contributed by atoms with E-state index in [4.69, 9.17) is 5.73 Å². The van der Waals surface area contributed by atoms with Crippen LogP contribution in [0.15, 0.2) is 54.6 Å². The second kappa shape index (κ2) is 12.2. The van der Waals surface area contributed by atoms with Gasteiger partial charge in [0, 0.05) is 13.0 Å². The number of phenolic OH excluding ortho intramolecular Hbond substituents is 1. The largest absolute Gasteiger partial charge is 0.508 e. The molecule has 0 aliphatic carbocycles. The number of benzene rings is 2. The third-order valence-corrected chi connectivity index (χ3v) is 6.19. The van der Waals surface area contributed by atoms with E-state index in [1.165, 1.54) is 24.0 Å². The number of phenols is 1. The number of aromatic hydroxyl groups is 1. The van der Waals surface area contributed by atoms with E-state index < -0.39 is 47.9 Å². The third-order valence-electron chi connectivity index (χ3n) is 6.19. The van der Waals surface area contributed by atoms with E-state index in [9.17, 15) is 29.4 Å². The average molecular weight is 497 g/mol. The van der Waals surface area contributed by atoms with E-state index in [2.05, 4.69) is 10.6 Å². The first-order valence-electron chi connectivity index (χ1n) is 11.9. The monoisotopic (exact) mass is 496 g/mol. The summed E-state index contributed by atoms with van der Waals surface area (Å²) in [5.74, 6) is -2.57. The number of carbonyl (C=O) groups excluding carboxylic acids is 3. The van der Waals surface area contributed by atoms with Crippen molar-refractivity contribution in [2.24, 2.45) is 5.73 Å². The molecular weight excluding hydrogens is 464 g/mol. The highest BCUT2D eigenvalue weighted by Crippen LogP contribution is 2.18. The van der Waals surface area contributed by atoms with E-state index >= 15 is 0 Å². The van der Waals surface area contributed by atoms with Gasteiger partial charge in [-0.3, -0.25) is 14.4 Å². The Morgan fingerprint density at radius 1 is 0.972 bits per heavy atom. The molecule has 0 saturated carbocycles. The zero-order valence-electron chi connectivity index (χ0n) is 20.1. The number of nitrogens with one attached hydrogen (secondary N) is 2. The SMILES string of the molecule is CC(NC(=O)C(Cc1ccccc1)NC(=O)C(N)Cc1ccc(O)cc1)C(=O)N1CCCC1C(=O)O. The van der Waals surface area contributed by atoms with Crippen LogP contribution in [0.4, 0.5) is 0 Å². The molecule has 1 fully saturated rings. The van der Waals surface area contributed by atoms with E-state index in [0.717, 1.165) is 11.1 Å². The Bertz CT molecular complexity index is 1080. The molecule has 192 valence electrons. The number of nitrogens with zero attached hydrogens (tertiary/aromatic N) is 1. The van der Waals surface area contributed by atoms with Crippen molar-refractivity contribution in [1.29, 1.82) is 0 Å². The molecule has 2 aromatic carbocycles. The number of hydrogen-bond donors (Lipinski definition) is 5. The average Bonchev–Trinajstić information content (AvgIpc) is 3.35. The summed E-state index contributed by atoms with van der Waals surface area (Å²) in [6.07, 6.45) is 1.32. The quantitative estimate of drug-likeness (QED) is 0.321. The van der Waals surface area contributed by atoms with Crippen molar-refractivity contribution in [3.8, 4) is 5.75 Å². The van der Waals surface area contributed by atoms with Crippen LogP contribution in [0.3, 0.4) is 0 Å². The standard InChI is InChI=1S/C26H32N4O6/c1-16(25(34)30-13-5-8-22(30)26(35)36)28-24(33)21(15-17-6-3-2-4-7-17)29-23(32)20(27)14-18-9-11-19(31)12-10-18/h2-4,6-7,9-12,16,20-22,31H,5,8,13-15,27H2,1H3,(H,28,33)(H,29,32)(H,35,36). The lowest BCUT2D eigenvalue weighted by Crippen LogP contribution is -2.57. The van der Waals surface area contributed by atoms with Gasteiger partial charge >= 0.3 is 5.97 Å². The topological polar surface area (TPSA) is 162 Å². The third kappa shape index (κ3) is 7.05. The highest BCUT2D eigenvalue weighted by molar-refractivity contribution is 5.94. The molecule has 3 rings (SSSR count). The number of rotatable bonds is 10. The fraction of sp³-hybridized carbons (Fsp3) is 0.385. The van der Waals surface area contributed by atoms with Crippen molar-refractivity contribution < 1.29 is 29.4 Å². The highest BCUT2D eigenvalue weighted by atomic mass is 16.4. The molecule has 1 aliphatic heterocycles. The van der Waals surface area contributed by atoms with Crippen molar-refractivity contribution in [3.05, 3.63) is 65.7 Å². The molecule has 10 nitrogen and oxygen atoms in total. The molecule has 6 N–H and O–H groups in total. The summed E-state index contributed by atoms with van der Waals surface area (Å²) in [5, 5.41) is 24.1. The second-order valence-corrected chi connectivity index (χ2v) is 8.99. The molecule has 0 bridgehead atoms.